The predicted octanol–water partition coefficient (Wildman–Crippen LogP) is 2.99. The van der Waals surface area contributed by atoms with Gasteiger partial charge in [-0.25, -0.2) is 0 Å². The van der Waals surface area contributed by atoms with Crippen LogP contribution in [0.5, 0.6) is 17.2 Å². The number of hydrogen-bond acceptors (Lipinski definition) is 7. The lowest BCUT2D eigenvalue weighted by molar-refractivity contribution is -0.117. The first-order valence-electron chi connectivity index (χ1n) is 8.89. The van der Waals surface area contributed by atoms with Crippen LogP contribution in [0, 0.1) is 0 Å². The SMILES string of the molecule is COc1cccc(N2CC(c3noc(-c4ccc5c(c4)OCO5)n3)CC2=O)c1. The number of carbonyl (C=O) groups excluding carboxylic acids is 1. The van der Waals surface area contributed by atoms with Crippen molar-refractivity contribution < 1.29 is 23.5 Å². The zero-order valence-corrected chi connectivity index (χ0v) is 15.1. The van der Waals surface area contributed by atoms with E-state index < -0.39 is 0 Å². The number of anilines is 1. The van der Waals surface area contributed by atoms with Crippen LogP contribution >= 0.6 is 0 Å². The molecule has 1 atom stereocenters. The Morgan fingerprint density at radius 1 is 1.14 bits per heavy atom. The van der Waals surface area contributed by atoms with Gasteiger partial charge in [-0.3, -0.25) is 4.79 Å². The number of fused-ring (bicyclic) bond motifs is 1. The number of methoxy groups -OCH3 is 1. The van der Waals surface area contributed by atoms with E-state index in [9.17, 15) is 4.79 Å². The highest BCUT2D eigenvalue weighted by Crippen LogP contribution is 2.37. The molecule has 1 fully saturated rings. The lowest BCUT2D eigenvalue weighted by Gasteiger charge is -2.16. The van der Waals surface area contributed by atoms with Crippen molar-refractivity contribution in [1.82, 2.24) is 10.1 Å². The minimum Gasteiger partial charge on any atom is -0.497 e. The molecule has 0 spiro atoms. The van der Waals surface area contributed by atoms with Crippen molar-refractivity contribution in [2.75, 3.05) is 25.3 Å². The van der Waals surface area contributed by atoms with Gasteiger partial charge in [0.05, 0.1) is 7.11 Å². The molecule has 8 heteroatoms. The fraction of sp³-hybridized carbons (Fsp3) is 0.250. The molecule has 0 bridgehead atoms. The minimum absolute atomic E-state index is 0.0210. The standard InChI is InChI=1S/C20H17N3O5/c1-25-15-4-2-3-14(9-15)23-10-13(8-18(23)24)19-21-20(28-22-19)12-5-6-16-17(7-12)27-11-26-16/h2-7,9,13H,8,10-11H2,1H3. The van der Waals surface area contributed by atoms with Gasteiger partial charge in [-0.2, -0.15) is 4.98 Å². The molecule has 0 radical (unpaired) electrons. The van der Waals surface area contributed by atoms with Crippen LogP contribution in [0.15, 0.2) is 47.0 Å². The van der Waals surface area contributed by atoms with Crippen LogP contribution in [-0.4, -0.2) is 36.5 Å². The molecule has 3 aromatic rings. The predicted molar refractivity (Wildman–Crippen MR) is 98.6 cm³/mol. The van der Waals surface area contributed by atoms with E-state index in [2.05, 4.69) is 10.1 Å². The minimum atomic E-state index is -0.134. The number of ether oxygens (including phenoxy) is 3. The van der Waals surface area contributed by atoms with Crippen molar-refractivity contribution >= 4 is 11.6 Å². The Bertz CT molecular complexity index is 1050. The number of hydrogen-bond donors (Lipinski definition) is 0. The Morgan fingerprint density at radius 2 is 2.04 bits per heavy atom. The van der Waals surface area contributed by atoms with Crippen LogP contribution < -0.4 is 19.1 Å². The zero-order chi connectivity index (χ0) is 19.1. The summed E-state index contributed by atoms with van der Waals surface area (Å²) >= 11 is 0. The third kappa shape index (κ3) is 2.83. The normalized spacial score (nSPS) is 18.0. The summed E-state index contributed by atoms with van der Waals surface area (Å²) in [5, 5.41) is 4.10. The second-order valence-electron chi connectivity index (χ2n) is 6.63. The molecule has 1 unspecified atom stereocenters. The van der Waals surface area contributed by atoms with Gasteiger partial charge in [0.15, 0.2) is 17.3 Å². The maximum Gasteiger partial charge on any atom is 0.258 e. The van der Waals surface area contributed by atoms with Crippen molar-refractivity contribution in [3.8, 4) is 28.7 Å². The fourth-order valence-electron chi connectivity index (χ4n) is 3.46. The molecule has 1 saturated heterocycles. The van der Waals surface area contributed by atoms with Gasteiger partial charge in [0.2, 0.25) is 12.7 Å². The Morgan fingerprint density at radius 3 is 2.93 bits per heavy atom. The van der Waals surface area contributed by atoms with Crippen LogP contribution in [-0.2, 0) is 4.79 Å². The van der Waals surface area contributed by atoms with Gasteiger partial charge in [-0.05, 0) is 30.3 Å². The fourth-order valence-corrected chi connectivity index (χ4v) is 3.46. The second-order valence-corrected chi connectivity index (χ2v) is 6.63. The highest BCUT2D eigenvalue weighted by atomic mass is 16.7. The van der Waals surface area contributed by atoms with Gasteiger partial charge >= 0.3 is 0 Å². The highest BCUT2D eigenvalue weighted by Gasteiger charge is 2.35. The van der Waals surface area contributed by atoms with Crippen molar-refractivity contribution in [2.45, 2.75) is 12.3 Å². The summed E-state index contributed by atoms with van der Waals surface area (Å²) in [7, 11) is 1.60. The van der Waals surface area contributed by atoms with E-state index in [1.54, 1.807) is 12.0 Å². The molecule has 0 N–H and O–H groups in total. The van der Waals surface area contributed by atoms with Crippen LogP contribution in [0.3, 0.4) is 0 Å². The van der Waals surface area contributed by atoms with Gasteiger partial charge in [-0.1, -0.05) is 11.2 Å². The lowest BCUT2D eigenvalue weighted by Crippen LogP contribution is -2.24. The van der Waals surface area contributed by atoms with Crippen LogP contribution in [0.1, 0.15) is 18.2 Å². The van der Waals surface area contributed by atoms with E-state index in [1.165, 1.54) is 0 Å². The number of carbonyl (C=O) groups is 1. The van der Waals surface area contributed by atoms with Gasteiger partial charge in [0.25, 0.3) is 5.89 Å². The Hall–Kier alpha value is -3.55. The molecule has 28 heavy (non-hydrogen) atoms. The number of amides is 1. The first kappa shape index (κ1) is 16.6. The van der Waals surface area contributed by atoms with E-state index >= 15 is 0 Å². The summed E-state index contributed by atoms with van der Waals surface area (Å²) in [6.45, 7) is 0.699. The smallest absolute Gasteiger partial charge is 0.258 e. The topological polar surface area (TPSA) is 86.9 Å². The third-order valence-corrected chi connectivity index (χ3v) is 4.92. The van der Waals surface area contributed by atoms with Gasteiger partial charge in [0, 0.05) is 36.2 Å². The summed E-state index contributed by atoms with van der Waals surface area (Å²) < 4.78 is 21.4. The molecule has 0 saturated carbocycles. The highest BCUT2D eigenvalue weighted by molar-refractivity contribution is 5.96. The number of benzene rings is 2. The van der Waals surface area contributed by atoms with E-state index in [0.29, 0.717) is 41.9 Å². The van der Waals surface area contributed by atoms with Crippen molar-refractivity contribution in [1.29, 1.82) is 0 Å². The molecular weight excluding hydrogens is 362 g/mol. The second kappa shape index (κ2) is 6.56. The number of aromatic nitrogens is 2. The van der Waals surface area contributed by atoms with E-state index in [4.69, 9.17) is 18.7 Å². The summed E-state index contributed by atoms with van der Waals surface area (Å²) in [4.78, 5) is 18.8. The molecule has 1 amide bonds. The summed E-state index contributed by atoms with van der Waals surface area (Å²) in [6, 6.07) is 12.9. The largest absolute Gasteiger partial charge is 0.497 e. The van der Waals surface area contributed by atoms with Gasteiger partial charge < -0.3 is 23.6 Å². The molecule has 8 nitrogen and oxygen atoms in total. The molecule has 5 rings (SSSR count). The Balaban J connectivity index is 1.37. The monoisotopic (exact) mass is 379 g/mol. The number of rotatable bonds is 4. The van der Waals surface area contributed by atoms with Crippen LogP contribution in [0.4, 0.5) is 5.69 Å². The molecule has 2 aromatic carbocycles. The molecule has 1 aromatic heterocycles. The summed E-state index contributed by atoms with van der Waals surface area (Å²) in [5.74, 6) is 2.85. The molecule has 2 aliphatic heterocycles. The van der Waals surface area contributed by atoms with E-state index in [-0.39, 0.29) is 18.6 Å². The first-order valence-corrected chi connectivity index (χ1v) is 8.89. The molecule has 2 aliphatic rings. The molecule has 3 heterocycles. The van der Waals surface area contributed by atoms with Crippen molar-refractivity contribution in [3.05, 3.63) is 48.3 Å². The number of nitrogens with zero attached hydrogens (tertiary/aromatic N) is 3. The average Bonchev–Trinajstić information content (AvgIpc) is 3.46. The van der Waals surface area contributed by atoms with E-state index in [1.807, 2.05) is 42.5 Å². The Labute approximate surface area is 160 Å². The van der Waals surface area contributed by atoms with Gasteiger partial charge in [-0.15, -0.1) is 0 Å². The van der Waals surface area contributed by atoms with Crippen molar-refractivity contribution in [2.24, 2.45) is 0 Å². The Kier molecular flexibility index (Phi) is 3.89. The van der Waals surface area contributed by atoms with Crippen LogP contribution in [0.25, 0.3) is 11.5 Å². The molecular formula is C20H17N3O5. The van der Waals surface area contributed by atoms with Gasteiger partial charge in [0.1, 0.15) is 5.75 Å². The molecule has 0 aliphatic carbocycles. The lowest BCUT2D eigenvalue weighted by atomic mass is 10.1. The third-order valence-electron chi connectivity index (χ3n) is 4.92. The summed E-state index contributed by atoms with van der Waals surface area (Å²) in [5.41, 5.74) is 1.54. The van der Waals surface area contributed by atoms with E-state index in [0.717, 1.165) is 11.3 Å². The van der Waals surface area contributed by atoms with Crippen LogP contribution in [0.2, 0.25) is 0 Å². The zero-order valence-electron chi connectivity index (χ0n) is 15.1. The average molecular weight is 379 g/mol. The first-order chi connectivity index (χ1) is 13.7. The molecule has 142 valence electrons. The quantitative estimate of drug-likeness (QED) is 0.689. The maximum atomic E-state index is 12.5. The van der Waals surface area contributed by atoms with Crippen molar-refractivity contribution in [3.63, 3.8) is 0 Å². The summed E-state index contributed by atoms with van der Waals surface area (Å²) in [6.07, 6.45) is 0.331. The maximum absolute atomic E-state index is 12.5.